The van der Waals surface area contributed by atoms with Gasteiger partial charge in [0.05, 0.1) is 7.11 Å². The monoisotopic (exact) mass is 477 g/mol. The molecule has 1 aliphatic rings. The molecule has 4 rings (SSSR count). The number of ketones is 1. The van der Waals surface area contributed by atoms with Gasteiger partial charge in [-0.2, -0.15) is 0 Å². The van der Waals surface area contributed by atoms with Gasteiger partial charge in [0.25, 0.3) is 0 Å². The Bertz CT molecular complexity index is 1390. The molecule has 8 heteroatoms. The molecular weight excluding hydrogens is 450 g/mol. The molecule has 182 valence electrons. The van der Waals surface area contributed by atoms with E-state index in [9.17, 15) is 19.2 Å². The molecule has 0 fully saturated rings. The molecule has 0 aliphatic carbocycles. The fraction of sp³-hybridized carbons (Fsp3) is 0.333. The number of Topliss-reactive ketones (excluding diaryl/α,β-unsaturated/α-hetero) is 1. The number of ether oxygens (including phenoxy) is 2. The van der Waals surface area contributed by atoms with Crippen molar-refractivity contribution in [2.24, 2.45) is 0 Å². The van der Waals surface area contributed by atoms with Crippen LogP contribution in [0.1, 0.15) is 47.3 Å². The minimum absolute atomic E-state index is 0.0412. The molecule has 1 aliphatic heterocycles. The van der Waals surface area contributed by atoms with Gasteiger partial charge in [-0.3, -0.25) is 14.4 Å². The molecular formula is C27H27NO7. The normalized spacial score (nSPS) is 13.4. The van der Waals surface area contributed by atoms with Crippen molar-refractivity contribution in [1.82, 2.24) is 0 Å². The Morgan fingerprint density at radius 3 is 2.63 bits per heavy atom. The van der Waals surface area contributed by atoms with Crippen LogP contribution in [0.2, 0.25) is 0 Å². The number of rotatable bonds is 7. The zero-order valence-corrected chi connectivity index (χ0v) is 20.2. The summed E-state index contributed by atoms with van der Waals surface area (Å²) in [5.41, 5.74) is 3.18. The topological polar surface area (TPSA) is 103 Å². The fourth-order valence-corrected chi connectivity index (χ4v) is 4.44. The first-order chi connectivity index (χ1) is 16.7. The SMILES string of the molecule is COc1ccc2c(C)c(CCC(=O)O[C@@H](C)C(=O)c3ccc4c(c3)CCN4C(C)=O)c(=O)oc2c1. The summed E-state index contributed by atoms with van der Waals surface area (Å²) in [5.74, 6) is -0.365. The molecule has 2 heterocycles. The highest BCUT2D eigenvalue weighted by Gasteiger charge is 2.25. The smallest absolute Gasteiger partial charge is 0.339 e. The highest BCUT2D eigenvalue weighted by atomic mass is 16.5. The van der Waals surface area contributed by atoms with E-state index in [1.54, 1.807) is 48.2 Å². The summed E-state index contributed by atoms with van der Waals surface area (Å²) in [7, 11) is 1.53. The summed E-state index contributed by atoms with van der Waals surface area (Å²) >= 11 is 0. The van der Waals surface area contributed by atoms with Gasteiger partial charge in [-0.15, -0.1) is 0 Å². The quantitative estimate of drug-likeness (QED) is 0.290. The molecule has 0 unspecified atom stereocenters. The molecule has 1 amide bonds. The van der Waals surface area contributed by atoms with Crippen LogP contribution in [0.15, 0.2) is 45.6 Å². The van der Waals surface area contributed by atoms with Gasteiger partial charge in [-0.05, 0) is 68.1 Å². The Morgan fingerprint density at radius 1 is 1.14 bits per heavy atom. The van der Waals surface area contributed by atoms with Crippen LogP contribution < -0.4 is 15.3 Å². The largest absolute Gasteiger partial charge is 0.497 e. The number of anilines is 1. The number of carbonyl (C=O) groups is 3. The summed E-state index contributed by atoms with van der Waals surface area (Å²) in [4.78, 5) is 51.2. The lowest BCUT2D eigenvalue weighted by molar-refractivity contribution is -0.146. The van der Waals surface area contributed by atoms with Crippen LogP contribution in [0.4, 0.5) is 5.69 Å². The number of benzene rings is 2. The summed E-state index contributed by atoms with van der Waals surface area (Å²) in [6, 6.07) is 10.4. The molecule has 3 aromatic rings. The predicted octanol–water partition coefficient (Wildman–Crippen LogP) is 3.77. The minimum atomic E-state index is -0.979. The Morgan fingerprint density at radius 2 is 1.91 bits per heavy atom. The van der Waals surface area contributed by atoms with E-state index in [0.29, 0.717) is 35.4 Å². The maximum atomic E-state index is 12.8. The van der Waals surface area contributed by atoms with E-state index in [-0.39, 0.29) is 24.5 Å². The van der Waals surface area contributed by atoms with E-state index in [1.165, 1.54) is 21.0 Å². The average Bonchev–Trinajstić information content (AvgIpc) is 3.26. The lowest BCUT2D eigenvalue weighted by Gasteiger charge is -2.16. The molecule has 8 nitrogen and oxygen atoms in total. The van der Waals surface area contributed by atoms with Gasteiger partial charge in [-0.25, -0.2) is 4.79 Å². The van der Waals surface area contributed by atoms with Crippen molar-refractivity contribution in [2.45, 2.75) is 46.1 Å². The second kappa shape index (κ2) is 9.74. The molecule has 0 saturated carbocycles. The van der Waals surface area contributed by atoms with Crippen LogP contribution in [0.3, 0.4) is 0 Å². The van der Waals surface area contributed by atoms with Gasteiger partial charge < -0.3 is 18.8 Å². The number of nitrogens with zero attached hydrogens (tertiary/aromatic N) is 1. The molecule has 0 radical (unpaired) electrons. The molecule has 1 atom stereocenters. The first-order valence-corrected chi connectivity index (χ1v) is 11.4. The van der Waals surface area contributed by atoms with Gasteiger partial charge >= 0.3 is 11.6 Å². The zero-order chi connectivity index (χ0) is 25.3. The van der Waals surface area contributed by atoms with Crippen molar-refractivity contribution in [3.63, 3.8) is 0 Å². The molecule has 1 aromatic heterocycles. The highest BCUT2D eigenvalue weighted by Crippen LogP contribution is 2.29. The summed E-state index contributed by atoms with van der Waals surface area (Å²) in [5, 5.41) is 0.761. The number of hydrogen-bond donors (Lipinski definition) is 0. The third-order valence-electron chi connectivity index (χ3n) is 6.39. The molecule has 0 bridgehead atoms. The number of fused-ring (bicyclic) bond motifs is 2. The molecule has 0 saturated heterocycles. The third kappa shape index (κ3) is 4.82. The van der Waals surface area contributed by atoms with Crippen molar-refractivity contribution < 1.29 is 28.3 Å². The van der Waals surface area contributed by atoms with Crippen molar-refractivity contribution >= 4 is 34.3 Å². The predicted molar refractivity (Wildman–Crippen MR) is 130 cm³/mol. The van der Waals surface area contributed by atoms with Gasteiger partial charge in [0, 0.05) is 48.2 Å². The Hall–Kier alpha value is -3.94. The van der Waals surface area contributed by atoms with Crippen LogP contribution in [-0.4, -0.2) is 37.4 Å². The molecule has 0 N–H and O–H groups in total. The average molecular weight is 478 g/mol. The van der Waals surface area contributed by atoms with Gasteiger partial charge in [0.2, 0.25) is 11.7 Å². The van der Waals surface area contributed by atoms with Crippen molar-refractivity contribution in [3.05, 3.63) is 69.1 Å². The summed E-state index contributed by atoms with van der Waals surface area (Å²) in [6.45, 7) is 5.43. The van der Waals surface area contributed by atoms with Crippen LogP contribution in [0.5, 0.6) is 5.75 Å². The number of methoxy groups -OCH3 is 1. The zero-order valence-electron chi connectivity index (χ0n) is 20.2. The molecule has 2 aromatic carbocycles. The van der Waals surface area contributed by atoms with Crippen LogP contribution in [0, 0.1) is 6.92 Å². The maximum absolute atomic E-state index is 12.8. The standard InChI is InChI=1S/C27H27NO7/c1-15-21-7-6-20(33-4)14-24(21)35-27(32)22(15)8-10-25(30)34-16(2)26(31)19-5-9-23-18(13-19)11-12-28(23)17(3)29/h5-7,9,13-14,16H,8,10-12H2,1-4H3/t16-/m0/s1. The van der Waals surface area contributed by atoms with E-state index in [1.807, 2.05) is 0 Å². The number of amides is 1. The van der Waals surface area contributed by atoms with Crippen molar-refractivity contribution in [3.8, 4) is 5.75 Å². The van der Waals surface area contributed by atoms with E-state index in [0.717, 1.165) is 22.2 Å². The first-order valence-electron chi connectivity index (χ1n) is 11.4. The lowest BCUT2D eigenvalue weighted by Crippen LogP contribution is -2.26. The lowest BCUT2D eigenvalue weighted by atomic mass is 10.0. The first kappa shape index (κ1) is 24.2. The summed E-state index contributed by atoms with van der Waals surface area (Å²) < 4.78 is 15.9. The van der Waals surface area contributed by atoms with Gasteiger partial charge in [-0.1, -0.05) is 0 Å². The Labute approximate surface area is 202 Å². The van der Waals surface area contributed by atoms with Crippen molar-refractivity contribution in [1.29, 1.82) is 0 Å². The fourth-order valence-electron chi connectivity index (χ4n) is 4.44. The van der Waals surface area contributed by atoms with E-state index in [4.69, 9.17) is 13.9 Å². The Balaban J connectivity index is 1.41. The summed E-state index contributed by atoms with van der Waals surface area (Å²) in [6.07, 6.45) is -0.240. The van der Waals surface area contributed by atoms with Gasteiger partial charge in [0.1, 0.15) is 11.3 Å². The van der Waals surface area contributed by atoms with E-state index >= 15 is 0 Å². The van der Waals surface area contributed by atoms with E-state index < -0.39 is 17.7 Å². The second-order valence-corrected chi connectivity index (χ2v) is 8.62. The van der Waals surface area contributed by atoms with Crippen LogP contribution >= 0.6 is 0 Å². The molecule has 35 heavy (non-hydrogen) atoms. The van der Waals surface area contributed by atoms with Crippen LogP contribution in [0.25, 0.3) is 11.0 Å². The van der Waals surface area contributed by atoms with E-state index in [2.05, 4.69) is 0 Å². The second-order valence-electron chi connectivity index (χ2n) is 8.62. The Kier molecular flexibility index (Phi) is 6.73. The van der Waals surface area contributed by atoms with Gasteiger partial charge in [0.15, 0.2) is 6.10 Å². The third-order valence-corrected chi connectivity index (χ3v) is 6.39. The maximum Gasteiger partial charge on any atom is 0.339 e. The minimum Gasteiger partial charge on any atom is -0.497 e. The highest BCUT2D eigenvalue weighted by molar-refractivity contribution is 6.02. The number of carbonyl (C=O) groups excluding carboxylic acids is 3. The molecule has 0 spiro atoms. The van der Waals surface area contributed by atoms with Crippen molar-refractivity contribution in [2.75, 3.05) is 18.6 Å². The number of hydrogen-bond acceptors (Lipinski definition) is 7. The van der Waals surface area contributed by atoms with Crippen LogP contribution in [-0.2, 0) is 27.2 Å². The number of aryl methyl sites for hydroxylation is 1. The number of esters is 1.